The highest BCUT2D eigenvalue weighted by Gasteiger charge is 2.33. The zero-order valence-corrected chi connectivity index (χ0v) is 19.2. The maximum absolute atomic E-state index is 13.3. The highest BCUT2D eigenvalue weighted by Crippen LogP contribution is 2.51. The normalized spacial score (nSPS) is 17.3. The summed E-state index contributed by atoms with van der Waals surface area (Å²) in [5.41, 5.74) is 0.255. The zero-order valence-electron chi connectivity index (χ0n) is 17.6. The molecule has 0 saturated heterocycles. The molecule has 2 N–H and O–H groups in total. The number of nitrogens with one attached hydrogen (secondary N) is 1. The monoisotopic (exact) mass is 433 g/mol. The summed E-state index contributed by atoms with van der Waals surface area (Å²) < 4.78 is 24.3. The number of alkyl carbamates (subject to hydrolysis) is 1. The maximum atomic E-state index is 13.3. The summed E-state index contributed by atoms with van der Waals surface area (Å²) in [5, 5.41) is 13.2. The van der Waals surface area contributed by atoms with Crippen molar-refractivity contribution in [3.8, 4) is 0 Å². The quantitative estimate of drug-likeness (QED) is 0.533. The molecule has 1 rings (SSSR count). The number of halogens is 1. The molecule has 0 aromatic heterocycles. The lowest BCUT2D eigenvalue weighted by atomic mass is 9.94. The molecule has 1 aromatic carbocycles. The number of rotatable bonds is 9. The first-order chi connectivity index (χ1) is 12.8. The van der Waals surface area contributed by atoms with E-state index in [4.69, 9.17) is 20.9 Å². The van der Waals surface area contributed by atoms with Crippen molar-refractivity contribution < 1.29 is 23.7 Å². The van der Waals surface area contributed by atoms with Crippen molar-refractivity contribution in [2.75, 3.05) is 18.9 Å². The molecule has 0 aliphatic heterocycles. The van der Waals surface area contributed by atoms with Gasteiger partial charge >= 0.3 is 6.09 Å². The van der Waals surface area contributed by atoms with Crippen molar-refractivity contribution in [1.82, 2.24) is 5.32 Å². The summed E-state index contributed by atoms with van der Waals surface area (Å²) in [6.07, 6.45) is -1.05. The Morgan fingerprint density at radius 2 is 1.79 bits per heavy atom. The average Bonchev–Trinajstić information content (AvgIpc) is 2.51. The fourth-order valence-corrected chi connectivity index (χ4v) is 5.86. The van der Waals surface area contributed by atoms with Crippen LogP contribution in [0.2, 0.25) is 5.02 Å². The maximum Gasteiger partial charge on any atom is 0.407 e. The van der Waals surface area contributed by atoms with Gasteiger partial charge in [0.2, 0.25) is 7.37 Å². The minimum absolute atomic E-state index is 0.0596. The highest BCUT2D eigenvalue weighted by atomic mass is 35.5. The van der Waals surface area contributed by atoms with E-state index < -0.39 is 25.2 Å². The van der Waals surface area contributed by atoms with E-state index in [0.717, 1.165) is 5.56 Å². The standard InChI is InChI=1S/C20H33ClNO5P/c1-7-26-28(25,12-14(2)23)13-18(16-8-10-17(21)11-9-16)15(3)22-19(24)27-20(4,5)6/h8-11,14-15,18,23H,7,12-13H2,1-6H3,(H,22,24). The number of amides is 1. The number of ether oxygens (including phenoxy) is 1. The predicted molar refractivity (Wildman–Crippen MR) is 114 cm³/mol. The highest BCUT2D eigenvalue weighted by molar-refractivity contribution is 7.59. The Kier molecular flexibility index (Phi) is 9.48. The van der Waals surface area contributed by atoms with Crippen molar-refractivity contribution in [2.45, 2.75) is 65.2 Å². The predicted octanol–water partition coefficient (Wildman–Crippen LogP) is 5.03. The lowest BCUT2D eigenvalue weighted by molar-refractivity contribution is 0.0502. The van der Waals surface area contributed by atoms with Crippen molar-refractivity contribution in [1.29, 1.82) is 0 Å². The van der Waals surface area contributed by atoms with Crippen molar-refractivity contribution in [3.63, 3.8) is 0 Å². The van der Waals surface area contributed by atoms with Crippen LogP contribution in [0.1, 0.15) is 53.0 Å². The minimum Gasteiger partial charge on any atom is -0.444 e. The van der Waals surface area contributed by atoms with Gasteiger partial charge in [-0.1, -0.05) is 23.7 Å². The smallest absolute Gasteiger partial charge is 0.407 e. The van der Waals surface area contributed by atoms with Crippen LogP contribution in [0.4, 0.5) is 4.79 Å². The molecule has 1 aromatic rings. The first kappa shape index (κ1) is 25.0. The second-order valence-electron chi connectivity index (χ2n) is 8.04. The van der Waals surface area contributed by atoms with Gasteiger partial charge < -0.3 is 19.7 Å². The van der Waals surface area contributed by atoms with E-state index in [1.807, 2.05) is 19.1 Å². The minimum atomic E-state index is -3.12. The summed E-state index contributed by atoms with van der Waals surface area (Å²) in [4.78, 5) is 12.2. The van der Waals surface area contributed by atoms with Crippen molar-refractivity contribution >= 4 is 25.1 Å². The van der Waals surface area contributed by atoms with Gasteiger partial charge in [-0.25, -0.2) is 4.79 Å². The van der Waals surface area contributed by atoms with Gasteiger partial charge in [-0.3, -0.25) is 4.57 Å². The fraction of sp³-hybridized carbons (Fsp3) is 0.650. The molecule has 160 valence electrons. The molecule has 0 heterocycles. The van der Waals surface area contributed by atoms with Crippen LogP contribution in [0.5, 0.6) is 0 Å². The molecule has 8 heteroatoms. The van der Waals surface area contributed by atoms with E-state index in [1.54, 1.807) is 46.8 Å². The van der Waals surface area contributed by atoms with E-state index >= 15 is 0 Å². The molecule has 6 nitrogen and oxygen atoms in total. The van der Waals surface area contributed by atoms with Gasteiger partial charge in [-0.15, -0.1) is 0 Å². The Hall–Kier alpha value is -1.07. The first-order valence-electron chi connectivity index (χ1n) is 9.51. The fourth-order valence-electron chi connectivity index (χ4n) is 2.97. The van der Waals surface area contributed by atoms with E-state index in [0.29, 0.717) is 5.02 Å². The Balaban J connectivity index is 3.12. The van der Waals surface area contributed by atoms with Gasteiger partial charge in [-0.05, 0) is 59.2 Å². The zero-order chi connectivity index (χ0) is 21.5. The van der Waals surface area contributed by atoms with E-state index in [-0.39, 0.29) is 30.9 Å². The van der Waals surface area contributed by atoms with E-state index in [9.17, 15) is 14.5 Å². The van der Waals surface area contributed by atoms with E-state index in [2.05, 4.69) is 5.32 Å². The lowest BCUT2D eigenvalue weighted by Gasteiger charge is -2.30. The summed E-state index contributed by atoms with van der Waals surface area (Å²) in [5.74, 6) is -0.305. The second kappa shape index (κ2) is 10.6. The molecule has 1 amide bonds. The van der Waals surface area contributed by atoms with Gasteiger partial charge in [0.1, 0.15) is 5.60 Å². The molecule has 28 heavy (non-hydrogen) atoms. The lowest BCUT2D eigenvalue weighted by Crippen LogP contribution is -2.41. The molecule has 0 fully saturated rings. The first-order valence-corrected chi connectivity index (χ1v) is 11.9. The molecule has 4 unspecified atom stereocenters. The third kappa shape index (κ3) is 8.95. The SMILES string of the molecule is CCOP(=O)(CC(C)O)CC(c1ccc(Cl)cc1)C(C)NC(=O)OC(C)(C)C. The number of carbonyl (C=O) groups excluding carboxylic acids is 1. The van der Waals surface area contributed by atoms with Gasteiger partial charge in [0.05, 0.1) is 18.9 Å². The third-order valence-electron chi connectivity index (χ3n) is 4.03. The van der Waals surface area contributed by atoms with Crippen LogP contribution < -0.4 is 5.32 Å². The van der Waals surface area contributed by atoms with Crippen LogP contribution in [-0.2, 0) is 13.8 Å². The number of aliphatic hydroxyl groups is 1. The van der Waals surface area contributed by atoms with Crippen molar-refractivity contribution in [2.24, 2.45) is 0 Å². The van der Waals surface area contributed by atoms with Gasteiger partial charge in [0, 0.05) is 23.1 Å². The summed E-state index contributed by atoms with van der Waals surface area (Å²) in [7, 11) is -3.12. The van der Waals surface area contributed by atoms with Crippen LogP contribution in [0.15, 0.2) is 24.3 Å². The Bertz CT molecular complexity index is 672. The molecule has 0 aliphatic rings. The average molecular weight is 434 g/mol. The summed E-state index contributed by atoms with van der Waals surface area (Å²) in [6.45, 7) is 10.9. The molecule has 4 atom stereocenters. The number of hydrogen-bond acceptors (Lipinski definition) is 5. The topological polar surface area (TPSA) is 84.9 Å². The summed E-state index contributed by atoms with van der Waals surface area (Å²) >= 11 is 6.00. The molecule has 0 bridgehead atoms. The summed E-state index contributed by atoms with van der Waals surface area (Å²) in [6, 6.07) is 6.82. The van der Waals surface area contributed by atoms with Crippen molar-refractivity contribution in [3.05, 3.63) is 34.9 Å². The second-order valence-corrected chi connectivity index (χ2v) is 11.1. The largest absolute Gasteiger partial charge is 0.444 e. The van der Waals surface area contributed by atoms with Crippen LogP contribution in [0.3, 0.4) is 0 Å². The Labute approximate surface area is 173 Å². The number of carbonyl (C=O) groups is 1. The number of benzene rings is 1. The Morgan fingerprint density at radius 3 is 2.25 bits per heavy atom. The Morgan fingerprint density at radius 1 is 1.21 bits per heavy atom. The van der Waals surface area contributed by atoms with Crippen LogP contribution >= 0.6 is 19.0 Å². The van der Waals surface area contributed by atoms with Gasteiger partial charge in [0.25, 0.3) is 0 Å². The van der Waals surface area contributed by atoms with E-state index in [1.165, 1.54) is 0 Å². The molecule has 0 aliphatic carbocycles. The number of aliphatic hydroxyl groups excluding tert-OH is 1. The van der Waals surface area contributed by atoms with Crippen LogP contribution in [0, 0.1) is 0 Å². The molecule has 0 spiro atoms. The molecular weight excluding hydrogens is 401 g/mol. The van der Waals surface area contributed by atoms with Crippen LogP contribution in [0.25, 0.3) is 0 Å². The molecule has 0 radical (unpaired) electrons. The number of hydrogen-bond donors (Lipinski definition) is 2. The third-order valence-corrected chi connectivity index (χ3v) is 7.04. The molecular formula is C20H33ClNO5P. The van der Waals surface area contributed by atoms with Gasteiger partial charge in [0.15, 0.2) is 0 Å². The molecule has 0 saturated carbocycles. The van der Waals surface area contributed by atoms with Gasteiger partial charge in [-0.2, -0.15) is 0 Å². The van der Waals surface area contributed by atoms with Crippen LogP contribution in [-0.4, -0.2) is 47.9 Å².